The van der Waals surface area contributed by atoms with E-state index in [0.29, 0.717) is 17.9 Å². The fourth-order valence-corrected chi connectivity index (χ4v) is 3.17. The van der Waals surface area contributed by atoms with Crippen molar-refractivity contribution in [3.05, 3.63) is 42.5 Å². The highest BCUT2D eigenvalue weighted by atomic mass is 16.5. The van der Waals surface area contributed by atoms with E-state index in [1.54, 1.807) is 0 Å². The SMILES string of the molecule is c1ccc(-c2ccc(O[C@H]3CN4CC[C@H]3C4)nn2)cc1. The monoisotopic (exact) mass is 267 g/mol. The molecule has 4 nitrogen and oxygen atoms in total. The molecule has 2 bridgehead atoms. The maximum Gasteiger partial charge on any atom is 0.233 e. The van der Waals surface area contributed by atoms with Crippen molar-refractivity contribution in [1.29, 1.82) is 0 Å². The second kappa shape index (κ2) is 4.87. The molecule has 0 spiro atoms. The van der Waals surface area contributed by atoms with Gasteiger partial charge in [-0.1, -0.05) is 30.3 Å². The zero-order valence-corrected chi connectivity index (χ0v) is 11.3. The average Bonchev–Trinajstić information content (AvgIpc) is 3.12. The first kappa shape index (κ1) is 11.9. The number of hydrogen-bond donors (Lipinski definition) is 0. The smallest absolute Gasteiger partial charge is 0.233 e. The van der Waals surface area contributed by atoms with E-state index in [9.17, 15) is 0 Å². The van der Waals surface area contributed by atoms with Gasteiger partial charge in [-0.25, -0.2) is 0 Å². The second-order valence-electron chi connectivity index (χ2n) is 5.59. The van der Waals surface area contributed by atoms with E-state index >= 15 is 0 Å². The van der Waals surface area contributed by atoms with Gasteiger partial charge in [0.1, 0.15) is 6.10 Å². The van der Waals surface area contributed by atoms with Crippen LogP contribution in [0, 0.1) is 5.92 Å². The molecule has 20 heavy (non-hydrogen) atoms. The lowest BCUT2D eigenvalue weighted by molar-refractivity contribution is 0.134. The standard InChI is InChI=1S/C16H17N3O/c1-2-4-12(5-3-1)14-6-7-16(18-17-14)20-15-11-19-9-8-13(15)10-19/h1-7,13,15H,8-11H2/t13-,15-/m0/s1. The average molecular weight is 267 g/mol. The zero-order valence-electron chi connectivity index (χ0n) is 11.3. The minimum absolute atomic E-state index is 0.292. The molecule has 3 heterocycles. The van der Waals surface area contributed by atoms with Gasteiger partial charge in [-0.15, -0.1) is 10.2 Å². The van der Waals surface area contributed by atoms with Crippen LogP contribution >= 0.6 is 0 Å². The molecule has 1 aromatic carbocycles. The number of benzene rings is 1. The molecule has 0 aliphatic carbocycles. The van der Waals surface area contributed by atoms with Gasteiger partial charge in [0.25, 0.3) is 0 Å². The summed E-state index contributed by atoms with van der Waals surface area (Å²) in [4.78, 5) is 2.46. The van der Waals surface area contributed by atoms with Gasteiger partial charge in [0, 0.05) is 30.6 Å². The van der Waals surface area contributed by atoms with Gasteiger partial charge >= 0.3 is 0 Å². The molecule has 0 saturated carbocycles. The molecule has 4 heteroatoms. The van der Waals surface area contributed by atoms with Gasteiger partial charge in [-0.2, -0.15) is 0 Å². The molecule has 2 saturated heterocycles. The summed E-state index contributed by atoms with van der Waals surface area (Å²) in [5.41, 5.74) is 1.97. The summed E-state index contributed by atoms with van der Waals surface area (Å²) in [5, 5.41) is 8.48. The van der Waals surface area contributed by atoms with Gasteiger partial charge < -0.3 is 4.74 Å². The number of rotatable bonds is 3. The molecule has 2 aromatic rings. The van der Waals surface area contributed by atoms with Crippen LogP contribution in [-0.2, 0) is 0 Å². The lowest BCUT2D eigenvalue weighted by atomic mass is 10.0. The number of fused-ring (bicyclic) bond motifs is 2. The Balaban J connectivity index is 1.48. The topological polar surface area (TPSA) is 38.2 Å². The third-order valence-corrected chi connectivity index (χ3v) is 4.25. The summed E-state index contributed by atoms with van der Waals surface area (Å²) in [7, 11) is 0. The number of nitrogens with zero attached hydrogens (tertiary/aromatic N) is 3. The van der Waals surface area contributed by atoms with Crippen molar-refractivity contribution in [2.75, 3.05) is 19.6 Å². The number of aromatic nitrogens is 2. The number of piperidine rings is 1. The Kier molecular flexibility index (Phi) is 2.89. The van der Waals surface area contributed by atoms with E-state index in [1.807, 2.05) is 42.5 Å². The van der Waals surface area contributed by atoms with Crippen LogP contribution in [0.3, 0.4) is 0 Å². The summed E-state index contributed by atoms with van der Waals surface area (Å²) in [5.74, 6) is 1.31. The normalized spacial score (nSPS) is 27.7. The maximum atomic E-state index is 5.98. The quantitative estimate of drug-likeness (QED) is 0.854. The molecular formula is C16H17N3O. The van der Waals surface area contributed by atoms with Crippen LogP contribution in [0.25, 0.3) is 11.3 Å². The van der Waals surface area contributed by atoms with Gasteiger partial charge in [-0.05, 0) is 19.0 Å². The third kappa shape index (κ3) is 2.16. The molecule has 0 radical (unpaired) electrons. The van der Waals surface area contributed by atoms with Gasteiger partial charge in [-0.3, -0.25) is 4.90 Å². The summed E-state index contributed by atoms with van der Waals surface area (Å²) in [6, 6.07) is 14.0. The summed E-state index contributed by atoms with van der Waals surface area (Å²) < 4.78 is 5.98. The van der Waals surface area contributed by atoms with Gasteiger partial charge in [0.15, 0.2) is 0 Å². The molecule has 2 fully saturated rings. The molecule has 3 atom stereocenters. The van der Waals surface area contributed by atoms with Gasteiger partial charge in [0.05, 0.1) is 5.69 Å². The van der Waals surface area contributed by atoms with Crippen molar-refractivity contribution in [3.63, 3.8) is 0 Å². The Morgan fingerprint density at radius 1 is 1.00 bits per heavy atom. The largest absolute Gasteiger partial charge is 0.472 e. The predicted octanol–water partition coefficient (Wildman–Crippen LogP) is 2.23. The molecule has 1 aromatic heterocycles. The highest BCUT2D eigenvalue weighted by molar-refractivity contribution is 5.58. The first-order valence-corrected chi connectivity index (χ1v) is 7.17. The zero-order chi connectivity index (χ0) is 13.4. The van der Waals surface area contributed by atoms with E-state index in [1.165, 1.54) is 19.5 Å². The van der Waals surface area contributed by atoms with E-state index in [-0.39, 0.29) is 0 Å². The lowest BCUT2D eigenvalue weighted by Gasteiger charge is -2.22. The highest BCUT2D eigenvalue weighted by Gasteiger charge is 2.39. The van der Waals surface area contributed by atoms with Crippen LogP contribution < -0.4 is 4.74 Å². The lowest BCUT2D eigenvalue weighted by Crippen LogP contribution is -2.32. The van der Waals surface area contributed by atoms with Crippen LogP contribution in [0.2, 0.25) is 0 Å². The van der Waals surface area contributed by atoms with Crippen molar-refractivity contribution in [1.82, 2.24) is 15.1 Å². The van der Waals surface area contributed by atoms with Gasteiger partial charge in [0.2, 0.25) is 5.88 Å². The van der Waals surface area contributed by atoms with Crippen molar-refractivity contribution in [2.45, 2.75) is 12.5 Å². The summed E-state index contributed by atoms with van der Waals surface area (Å²) in [6.45, 7) is 3.44. The maximum absolute atomic E-state index is 5.98. The van der Waals surface area contributed by atoms with E-state index < -0.39 is 0 Å². The van der Waals surface area contributed by atoms with Crippen molar-refractivity contribution in [3.8, 4) is 17.1 Å². The van der Waals surface area contributed by atoms with Crippen molar-refractivity contribution < 1.29 is 4.74 Å². The van der Waals surface area contributed by atoms with Crippen molar-refractivity contribution in [2.24, 2.45) is 5.92 Å². The van der Waals surface area contributed by atoms with Crippen LogP contribution in [0.4, 0.5) is 0 Å². The van der Waals surface area contributed by atoms with Crippen molar-refractivity contribution >= 4 is 0 Å². The molecule has 4 rings (SSSR count). The van der Waals surface area contributed by atoms with Crippen LogP contribution in [0.15, 0.2) is 42.5 Å². The first-order valence-electron chi connectivity index (χ1n) is 7.17. The molecule has 102 valence electrons. The van der Waals surface area contributed by atoms with Crippen LogP contribution in [0.5, 0.6) is 5.88 Å². The Bertz CT molecular complexity index is 584. The molecule has 0 N–H and O–H groups in total. The Morgan fingerprint density at radius 3 is 2.55 bits per heavy atom. The van der Waals surface area contributed by atoms with E-state index in [4.69, 9.17) is 4.74 Å². The highest BCUT2D eigenvalue weighted by Crippen LogP contribution is 2.30. The molecule has 0 amide bonds. The number of hydrogen-bond acceptors (Lipinski definition) is 4. The third-order valence-electron chi connectivity index (χ3n) is 4.25. The van der Waals surface area contributed by atoms with E-state index in [0.717, 1.165) is 17.8 Å². The minimum Gasteiger partial charge on any atom is -0.472 e. The van der Waals surface area contributed by atoms with Crippen LogP contribution in [0.1, 0.15) is 6.42 Å². The molecule has 2 aliphatic rings. The molecule has 2 aliphatic heterocycles. The summed E-state index contributed by atoms with van der Waals surface area (Å²) >= 11 is 0. The van der Waals surface area contributed by atoms with Crippen LogP contribution in [-0.4, -0.2) is 40.8 Å². The summed E-state index contributed by atoms with van der Waals surface area (Å²) in [6.07, 6.45) is 1.54. The Morgan fingerprint density at radius 2 is 1.90 bits per heavy atom. The first-order chi connectivity index (χ1) is 9.88. The molecule has 1 unspecified atom stereocenters. The Labute approximate surface area is 118 Å². The fraction of sp³-hybridized carbons (Fsp3) is 0.375. The number of ether oxygens (including phenoxy) is 1. The predicted molar refractivity (Wildman–Crippen MR) is 76.4 cm³/mol. The second-order valence-corrected chi connectivity index (χ2v) is 5.59. The van der Waals surface area contributed by atoms with E-state index in [2.05, 4.69) is 15.1 Å². The fourth-order valence-electron chi connectivity index (χ4n) is 3.17. The molecular weight excluding hydrogens is 250 g/mol. The minimum atomic E-state index is 0.292. The Hall–Kier alpha value is -1.94.